The lowest BCUT2D eigenvalue weighted by Gasteiger charge is -2.13. The third kappa shape index (κ3) is 4.09. The van der Waals surface area contributed by atoms with Gasteiger partial charge in [-0.15, -0.1) is 0 Å². The van der Waals surface area contributed by atoms with E-state index in [0.29, 0.717) is 4.47 Å². The van der Waals surface area contributed by atoms with Crippen molar-refractivity contribution in [2.45, 2.75) is 9.79 Å². The number of anilines is 1. The van der Waals surface area contributed by atoms with Crippen molar-refractivity contribution < 1.29 is 16.8 Å². The molecule has 0 fully saturated rings. The molecule has 0 bridgehead atoms. The Morgan fingerprint density at radius 1 is 1.00 bits per heavy atom. The van der Waals surface area contributed by atoms with Crippen molar-refractivity contribution in [2.24, 2.45) is 0 Å². The van der Waals surface area contributed by atoms with Crippen LogP contribution < -0.4 is 4.72 Å². The highest BCUT2D eigenvalue weighted by atomic mass is 79.9. The Bertz CT molecular complexity index is 959. The zero-order valence-corrected chi connectivity index (χ0v) is 16.7. The van der Waals surface area contributed by atoms with Gasteiger partial charge in [0.2, 0.25) is 10.0 Å². The average Bonchev–Trinajstić information content (AvgIpc) is 2.46. The molecule has 130 valence electrons. The lowest BCUT2D eigenvalue weighted by atomic mass is 10.3. The van der Waals surface area contributed by atoms with Crippen LogP contribution in [0.1, 0.15) is 0 Å². The molecule has 0 heterocycles. The first-order chi connectivity index (χ1) is 11.0. The van der Waals surface area contributed by atoms with Gasteiger partial charge in [0.1, 0.15) is 4.90 Å². The fraction of sp³-hybridized carbons (Fsp3) is 0.143. The smallest absolute Gasteiger partial charge is 0.263 e. The van der Waals surface area contributed by atoms with Crippen molar-refractivity contribution in [2.75, 3.05) is 18.8 Å². The monoisotopic (exact) mass is 452 g/mol. The number of halogens is 2. The highest BCUT2D eigenvalue weighted by Crippen LogP contribution is 2.27. The normalized spacial score (nSPS) is 12.4. The molecule has 6 nitrogen and oxygen atoms in total. The lowest BCUT2D eigenvalue weighted by Crippen LogP contribution is -2.22. The molecule has 0 spiro atoms. The van der Waals surface area contributed by atoms with Crippen LogP contribution in [-0.4, -0.2) is 35.2 Å². The molecular weight excluding hydrogens is 440 g/mol. The van der Waals surface area contributed by atoms with E-state index in [2.05, 4.69) is 20.7 Å². The summed E-state index contributed by atoms with van der Waals surface area (Å²) in [7, 11) is -4.62. The topological polar surface area (TPSA) is 83.6 Å². The summed E-state index contributed by atoms with van der Waals surface area (Å²) >= 11 is 9.17. The Morgan fingerprint density at radius 3 is 2.08 bits per heavy atom. The van der Waals surface area contributed by atoms with Crippen LogP contribution in [0, 0.1) is 0 Å². The largest absolute Gasteiger partial charge is 0.280 e. The number of sulfonamides is 2. The second-order valence-electron chi connectivity index (χ2n) is 4.99. The molecule has 24 heavy (non-hydrogen) atoms. The van der Waals surface area contributed by atoms with Crippen molar-refractivity contribution >= 4 is 53.3 Å². The molecule has 0 atom stereocenters. The molecule has 0 unspecified atom stereocenters. The van der Waals surface area contributed by atoms with Gasteiger partial charge >= 0.3 is 0 Å². The van der Waals surface area contributed by atoms with Crippen LogP contribution >= 0.6 is 27.5 Å². The molecule has 2 aromatic carbocycles. The fourth-order valence-corrected chi connectivity index (χ4v) is 4.81. The minimum atomic E-state index is -3.89. The molecule has 0 aliphatic rings. The molecular formula is C14H14BrClN2O4S2. The SMILES string of the molecule is CN(C)S(=O)(=O)c1ccc(NS(=O)(=O)c2ccc(Br)cc2Cl)cc1. The van der Waals surface area contributed by atoms with Gasteiger partial charge in [0, 0.05) is 24.3 Å². The maximum atomic E-state index is 12.4. The van der Waals surface area contributed by atoms with Crippen LogP contribution in [-0.2, 0) is 20.0 Å². The Kier molecular flexibility index (Phi) is 5.61. The molecule has 0 saturated heterocycles. The zero-order valence-electron chi connectivity index (χ0n) is 12.7. The first-order valence-corrected chi connectivity index (χ1v) is 10.6. The average molecular weight is 454 g/mol. The number of rotatable bonds is 5. The maximum absolute atomic E-state index is 12.4. The predicted molar refractivity (Wildman–Crippen MR) is 97.3 cm³/mol. The van der Waals surface area contributed by atoms with E-state index in [1.807, 2.05) is 0 Å². The van der Waals surface area contributed by atoms with Crippen LogP contribution in [0.3, 0.4) is 0 Å². The number of benzene rings is 2. The Hall–Kier alpha value is -1.13. The van der Waals surface area contributed by atoms with Crippen LogP contribution in [0.25, 0.3) is 0 Å². The van der Waals surface area contributed by atoms with E-state index in [1.165, 1.54) is 50.5 Å². The van der Waals surface area contributed by atoms with Crippen molar-refractivity contribution in [3.8, 4) is 0 Å². The minimum Gasteiger partial charge on any atom is -0.280 e. The number of nitrogens with zero attached hydrogens (tertiary/aromatic N) is 1. The highest BCUT2D eigenvalue weighted by Gasteiger charge is 2.20. The van der Waals surface area contributed by atoms with E-state index >= 15 is 0 Å². The van der Waals surface area contributed by atoms with Gasteiger partial charge in [0.15, 0.2) is 0 Å². The summed E-state index contributed by atoms with van der Waals surface area (Å²) < 4.78 is 52.9. The first kappa shape index (κ1) is 19.2. The van der Waals surface area contributed by atoms with Gasteiger partial charge < -0.3 is 0 Å². The van der Waals surface area contributed by atoms with E-state index < -0.39 is 20.0 Å². The number of hydrogen-bond acceptors (Lipinski definition) is 4. The Balaban J connectivity index is 2.31. The summed E-state index contributed by atoms with van der Waals surface area (Å²) in [6, 6.07) is 9.82. The van der Waals surface area contributed by atoms with E-state index in [-0.39, 0.29) is 20.5 Å². The second-order valence-corrected chi connectivity index (χ2v) is 10.1. The molecule has 0 amide bonds. The van der Waals surface area contributed by atoms with E-state index in [1.54, 1.807) is 6.07 Å². The molecule has 0 radical (unpaired) electrons. The summed E-state index contributed by atoms with van der Waals surface area (Å²) in [6.45, 7) is 0. The van der Waals surface area contributed by atoms with Crippen LogP contribution in [0.4, 0.5) is 5.69 Å². The van der Waals surface area contributed by atoms with Crippen molar-refractivity contribution in [3.05, 3.63) is 52.0 Å². The fourth-order valence-electron chi connectivity index (χ4n) is 1.81. The molecule has 10 heteroatoms. The van der Waals surface area contributed by atoms with Gasteiger partial charge in [-0.2, -0.15) is 0 Å². The summed E-state index contributed by atoms with van der Waals surface area (Å²) in [4.78, 5) is -0.00511. The highest BCUT2D eigenvalue weighted by molar-refractivity contribution is 9.10. The Morgan fingerprint density at radius 2 is 1.58 bits per heavy atom. The molecule has 0 aliphatic carbocycles. The van der Waals surface area contributed by atoms with E-state index in [0.717, 1.165) is 4.31 Å². The third-order valence-electron chi connectivity index (χ3n) is 3.07. The molecule has 2 aromatic rings. The molecule has 0 aliphatic heterocycles. The van der Waals surface area contributed by atoms with Gasteiger partial charge in [-0.25, -0.2) is 21.1 Å². The van der Waals surface area contributed by atoms with Crippen LogP contribution in [0.5, 0.6) is 0 Å². The number of hydrogen-bond donors (Lipinski definition) is 1. The van der Waals surface area contributed by atoms with Crippen molar-refractivity contribution in [1.82, 2.24) is 4.31 Å². The predicted octanol–water partition coefficient (Wildman–Crippen LogP) is 3.15. The third-order valence-corrected chi connectivity index (χ3v) is 7.26. The van der Waals surface area contributed by atoms with Gasteiger partial charge in [0.25, 0.3) is 10.0 Å². The zero-order chi connectivity index (χ0) is 18.1. The molecule has 1 N–H and O–H groups in total. The van der Waals surface area contributed by atoms with E-state index in [9.17, 15) is 16.8 Å². The van der Waals surface area contributed by atoms with Gasteiger partial charge in [-0.1, -0.05) is 27.5 Å². The Labute approximate surface area is 154 Å². The van der Waals surface area contributed by atoms with Crippen LogP contribution in [0.15, 0.2) is 56.7 Å². The first-order valence-electron chi connectivity index (χ1n) is 6.54. The quantitative estimate of drug-likeness (QED) is 0.754. The summed E-state index contributed by atoms with van der Waals surface area (Å²) in [5.41, 5.74) is 0.228. The summed E-state index contributed by atoms with van der Waals surface area (Å²) in [5, 5.41) is 0.0729. The minimum absolute atomic E-state index is 0.0668. The molecule has 0 aromatic heterocycles. The summed E-state index contributed by atoms with van der Waals surface area (Å²) in [5.74, 6) is 0. The summed E-state index contributed by atoms with van der Waals surface area (Å²) in [6.07, 6.45) is 0. The second kappa shape index (κ2) is 7.01. The van der Waals surface area contributed by atoms with Crippen molar-refractivity contribution in [1.29, 1.82) is 0 Å². The van der Waals surface area contributed by atoms with Gasteiger partial charge in [-0.05, 0) is 42.5 Å². The van der Waals surface area contributed by atoms with Crippen molar-refractivity contribution in [3.63, 3.8) is 0 Å². The van der Waals surface area contributed by atoms with E-state index in [4.69, 9.17) is 11.6 Å². The molecule has 2 rings (SSSR count). The number of nitrogens with one attached hydrogen (secondary N) is 1. The standard InChI is InChI=1S/C14H14BrClN2O4S2/c1-18(2)24(21,22)12-6-4-11(5-7-12)17-23(19,20)14-8-3-10(15)9-13(14)16/h3-9,17H,1-2H3. The van der Waals surface area contributed by atoms with Gasteiger partial charge in [0.05, 0.1) is 9.92 Å². The molecule has 0 saturated carbocycles. The maximum Gasteiger partial charge on any atom is 0.263 e. The van der Waals surface area contributed by atoms with Gasteiger partial charge in [-0.3, -0.25) is 4.72 Å². The van der Waals surface area contributed by atoms with Crippen LogP contribution in [0.2, 0.25) is 5.02 Å². The lowest BCUT2D eigenvalue weighted by molar-refractivity contribution is 0.521.